The van der Waals surface area contributed by atoms with Crippen molar-refractivity contribution in [3.05, 3.63) is 39.7 Å². The summed E-state index contributed by atoms with van der Waals surface area (Å²) in [4.78, 5) is 10.0. The molecule has 1 fully saturated rings. The molecule has 0 spiro atoms. The number of nitrogens with zero attached hydrogens (tertiary/aromatic N) is 1. The number of hydrogen-bond acceptors (Lipinski definition) is 4. The van der Waals surface area contributed by atoms with Gasteiger partial charge in [0.05, 0.1) is 29.8 Å². The van der Waals surface area contributed by atoms with Crippen molar-refractivity contribution in [2.45, 2.75) is 6.29 Å². The molecule has 15 heavy (non-hydrogen) atoms. The summed E-state index contributed by atoms with van der Waals surface area (Å²) in [5, 5.41) is 10.7. The molecule has 0 unspecified atom stereocenters. The van der Waals surface area contributed by atoms with E-state index in [0.717, 1.165) is 12.1 Å². The maximum atomic E-state index is 12.8. The Bertz CT molecular complexity index is 390. The van der Waals surface area contributed by atoms with E-state index >= 15 is 0 Å². The Labute approximate surface area is 84.6 Å². The molecular formula is C9H8FNO4. The van der Waals surface area contributed by atoms with Crippen LogP contribution >= 0.6 is 0 Å². The number of benzene rings is 1. The lowest BCUT2D eigenvalue weighted by atomic mass is 10.1. The van der Waals surface area contributed by atoms with E-state index in [0.29, 0.717) is 13.2 Å². The second kappa shape index (κ2) is 3.92. The van der Waals surface area contributed by atoms with E-state index in [2.05, 4.69) is 0 Å². The maximum Gasteiger partial charge on any atom is 0.280 e. The number of nitro groups is 1. The topological polar surface area (TPSA) is 61.6 Å². The average molecular weight is 213 g/mol. The zero-order chi connectivity index (χ0) is 10.8. The Kier molecular flexibility index (Phi) is 2.61. The first kappa shape index (κ1) is 10.0. The van der Waals surface area contributed by atoms with Crippen molar-refractivity contribution in [2.75, 3.05) is 13.2 Å². The van der Waals surface area contributed by atoms with Gasteiger partial charge in [-0.05, 0) is 12.1 Å². The molecule has 1 aliphatic rings. The molecule has 1 aromatic carbocycles. The first-order valence-corrected chi connectivity index (χ1v) is 4.35. The van der Waals surface area contributed by atoms with Crippen LogP contribution in [0, 0.1) is 15.9 Å². The van der Waals surface area contributed by atoms with E-state index in [9.17, 15) is 14.5 Å². The molecule has 1 aromatic rings. The number of ether oxygens (including phenoxy) is 2. The highest BCUT2D eigenvalue weighted by Crippen LogP contribution is 2.31. The minimum Gasteiger partial charge on any atom is -0.346 e. The second-order valence-electron chi connectivity index (χ2n) is 3.03. The van der Waals surface area contributed by atoms with Crippen LogP contribution in [-0.2, 0) is 9.47 Å². The average Bonchev–Trinajstić information content (AvgIpc) is 2.70. The van der Waals surface area contributed by atoms with E-state index in [-0.39, 0.29) is 11.3 Å². The Morgan fingerprint density at radius 2 is 2.07 bits per heavy atom. The van der Waals surface area contributed by atoms with Crippen LogP contribution in [0.3, 0.4) is 0 Å². The SMILES string of the molecule is O=[N+]([O-])c1cc(F)ccc1C1OCCO1. The lowest BCUT2D eigenvalue weighted by Crippen LogP contribution is -2.03. The van der Waals surface area contributed by atoms with E-state index in [4.69, 9.17) is 9.47 Å². The number of hydrogen-bond donors (Lipinski definition) is 0. The van der Waals surface area contributed by atoms with Gasteiger partial charge < -0.3 is 9.47 Å². The van der Waals surface area contributed by atoms with Crippen molar-refractivity contribution in [3.63, 3.8) is 0 Å². The van der Waals surface area contributed by atoms with Crippen molar-refractivity contribution in [1.82, 2.24) is 0 Å². The summed E-state index contributed by atoms with van der Waals surface area (Å²) in [7, 11) is 0. The van der Waals surface area contributed by atoms with E-state index in [1.165, 1.54) is 6.07 Å². The molecule has 80 valence electrons. The first-order chi connectivity index (χ1) is 7.18. The Hall–Kier alpha value is -1.53. The van der Waals surface area contributed by atoms with Gasteiger partial charge in [-0.25, -0.2) is 4.39 Å². The molecule has 6 heteroatoms. The summed E-state index contributed by atoms with van der Waals surface area (Å²) in [6, 6.07) is 3.32. The quantitative estimate of drug-likeness (QED) is 0.555. The van der Waals surface area contributed by atoms with Gasteiger partial charge in [-0.2, -0.15) is 0 Å². The molecule has 0 radical (unpaired) electrons. The third-order valence-electron chi connectivity index (χ3n) is 2.06. The third kappa shape index (κ3) is 1.95. The van der Waals surface area contributed by atoms with Crippen molar-refractivity contribution >= 4 is 5.69 Å². The number of rotatable bonds is 2. The lowest BCUT2D eigenvalue weighted by Gasteiger charge is -2.09. The lowest BCUT2D eigenvalue weighted by molar-refractivity contribution is -0.386. The van der Waals surface area contributed by atoms with Crippen molar-refractivity contribution in [3.8, 4) is 0 Å². The van der Waals surface area contributed by atoms with Gasteiger partial charge in [0.25, 0.3) is 5.69 Å². The summed E-state index contributed by atoms with van der Waals surface area (Å²) in [5.74, 6) is -0.650. The van der Waals surface area contributed by atoms with Crippen LogP contribution in [0.1, 0.15) is 11.9 Å². The largest absolute Gasteiger partial charge is 0.346 e. The standard InChI is InChI=1S/C9H8FNO4/c10-6-1-2-7(8(5-6)11(12)13)9-14-3-4-15-9/h1-2,5,9H,3-4H2. The van der Waals surface area contributed by atoms with Gasteiger partial charge in [0.2, 0.25) is 0 Å². The predicted molar refractivity (Wildman–Crippen MR) is 47.7 cm³/mol. The molecular weight excluding hydrogens is 205 g/mol. The molecule has 0 aliphatic carbocycles. The molecule has 1 aliphatic heterocycles. The summed E-state index contributed by atoms with van der Waals surface area (Å²) >= 11 is 0. The van der Waals surface area contributed by atoms with Crippen LogP contribution in [-0.4, -0.2) is 18.1 Å². The smallest absolute Gasteiger partial charge is 0.280 e. The molecule has 0 N–H and O–H groups in total. The minimum absolute atomic E-state index is 0.249. The predicted octanol–water partition coefficient (Wildman–Crippen LogP) is 1.78. The van der Waals surface area contributed by atoms with Crippen LogP contribution in [0.25, 0.3) is 0 Å². The van der Waals surface area contributed by atoms with Gasteiger partial charge in [0.15, 0.2) is 6.29 Å². The fourth-order valence-corrected chi connectivity index (χ4v) is 1.41. The summed E-state index contributed by atoms with van der Waals surface area (Å²) in [6.07, 6.45) is -0.758. The highest BCUT2D eigenvalue weighted by Gasteiger charge is 2.27. The summed E-state index contributed by atoms with van der Waals surface area (Å²) < 4.78 is 23.0. The fraction of sp³-hybridized carbons (Fsp3) is 0.333. The normalized spacial score (nSPS) is 16.9. The molecule has 0 aromatic heterocycles. The Morgan fingerprint density at radius 3 is 2.67 bits per heavy atom. The van der Waals surface area contributed by atoms with E-state index in [1.807, 2.05) is 0 Å². The van der Waals surface area contributed by atoms with E-state index in [1.54, 1.807) is 0 Å². The van der Waals surface area contributed by atoms with Crippen LogP contribution in [0.4, 0.5) is 10.1 Å². The highest BCUT2D eigenvalue weighted by atomic mass is 19.1. The molecule has 0 bridgehead atoms. The van der Waals surface area contributed by atoms with Gasteiger partial charge in [0, 0.05) is 0 Å². The van der Waals surface area contributed by atoms with Crippen LogP contribution in [0.2, 0.25) is 0 Å². The van der Waals surface area contributed by atoms with Crippen molar-refractivity contribution in [1.29, 1.82) is 0 Å². The van der Waals surface area contributed by atoms with E-state index < -0.39 is 17.0 Å². The zero-order valence-corrected chi connectivity index (χ0v) is 7.68. The molecule has 5 nitrogen and oxygen atoms in total. The van der Waals surface area contributed by atoms with Gasteiger partial charge in [0.1, 0.15) is 5.82 Å². The fourth-order valence-electron chi connectivity index (χ4n) is 1.41. The Morgan fingerprint density at radius 1 is 1.40 bits per heavy atom. The molecule has 1 heterocycles. The third-order valence-corrected chi connectivity index (χ3v) is 2.06. The number of nitro benzene ring substituents is 1. The van der Waals surface area contributed by atoms with Gasteiger partial charge in [-0.3, -0.25) is 10.1 Å². The summed E-state index contributed by atoms with van der Waals surface area (Å²) in [6.45, 7) is 0.776. The maximum absolute atomic E-state index is 12.8. The molecule has 2 rings (SSSR count). The van der Waals surface area contributed by atoms with Crippen LogP contribution in [0.15, 0.2) is 18.2 Å². The first-order valence-electron chi connectivity index (χ1n) is 4.35. The van der Waals surface area contributed by atoms with Crippen molar-refractivity contribution < 1.29 is 18.8 Å². The Balaban J connectivity index is 2.40. The van der Waals surface area contributed by atoms with Gasteiger partial charge in [-0.15, -0.1) is 0 Å². The van der Waals surface area contributed by atoms with Crippen LogP contribution in [0.5, 0.6) is 0 Å². The van der Waals surface area contributed by atoms with Gasteiger partial charge in [-0.1, -0.05) is 0 Å². The number of halogens is 1. The molecule has 1 saturated heterocycles. The van der Waals surface area contributed by atoms with Crippen molar-refractivity contribution in [2.24, 2.45) is 0 Å². The molecule has 0 atom stereocenters. The molecule has 0 amide bonds. The second-order valence-corrected chi connectivity index (χ2v) is 3.03. The van der Waals surface area contributed by atoms with Crippen LogP contribution < -0.4 is 0 Å². The monoisotopic (exact) mass is 213 g/mol. The van der Waals surface area contributed by atoms with Gasteiger partial charge >= 0.3 is 0 Å². The molecule has 0 saturated carbocycles. The minimum atomic E-state index is -0.758. The summed E-state index contributed by atoms with van der Waals surface area (Å²) in [5.41, 5.74) is -0.0687. The zero-order valence-electron chi connectivity index (χ0n) is 7.68. The highest BCUT2D eigenvalue weighted by molar-refractivity contribution is 5.41.